The summed E-state index contributed by atoms with van der Waals surface area (Å²) in [7, 11) is 3.80. The normalized spacial score (nSPS) is 13.0. The molecule has 0 saturated heterocycles. The second kappa shape index (κ2) is 4.36. The second-order valence-electron chi connectivity index (χ2n) is 3.53. The Bertz CT molecular complexity index is 468. The summed E-state index contributed by atoms with van der Waals surface area (Å²) in [4.78, 5) is 4.08. The van der Waals surface area contributed by atoms with Crippen molar-refractivity contribution in [3.05, 3.63) is 34.6 Å². The number of rotatable bonds is 3. The predicted octanol–water partition coefficient (Wildman–Crippen LogP) is 0.469. The van der Waals surface area contributed by atoms with Crippen LogP contribution in [0.4, 0.5) is 0 Å². The third-order valence-electron chi connectivity index (χ3n) is 2.53. The maximum Gasteiger partial charge on any atom is 0.106 e. The Morgan fingerprint density at radius 1 is 1.44 bits per heavy atom. The minimum Gasteiger partial charge on any atom is -0.336 e. The van der Waals surface area contributed by atoms with Crippen molar-refractivity contribution < 1.29 is 0 Å². The van der Waals surface area contributed by atoms with Crippen LogP contribution in [-0.4, -0.2) is 19.3 Å². The van der Waals surface area contributed by atoms with Gasteiger partial charge in [0.15, 0.2) is 0 Å². The Balaban J connectivity index is 2.49. The zero-order valence-corrected chi connectivity index (χ0v) is 10.6. The lowest BCUT2D eigenvalue weighted by Crippen LogP contribution is -2.31. The van der Waals surface area contributed by atoms with Gasteiger partial charge in [-0.05, 0) is 15.9 Å². The molecule has 0 spiro atoms. The molecule has 0 amide bonds. The molecule has 0 radical (unpaired) electrons. The minimum absolute atomic E-state index is 0.144. The molecule has 0 saturated carbocycles. The van der Waals surface area contributed by atoms with E-state index in [9.17, 15) is 0 Å². The van der Waals surface area contributed by atoms with Gasteiger partial charge in [0.1, 0.15) is 6.04 Å². The molecule has 86 valence electrons. The van der Waals surface area contributed by atoms with Crippen LogP contribution >= 0.6 is 15.9 Å². The highest BCUT2D eigenvalue weighted by atomic mass is 79.9. The Hall–Kier alpha value is -1.18. The lowest BCUT2D eigenvalue weighted by molar-refractivity contribution is 0.547. The molecule has 1 unspecified atom stereocenters. The van der Waals surface area contributed by atoms with Crippen molar-refractivity contribution in [1.82, 2.24) is 24.8 Å². The van der Waals surface area contributed by atoms with Crippen LogP contribution in [0.2, 0.25) is 0 Å². The quantitative estimate of drug-likeness (QED) is 0.635. The average molecular weight is 285 g/mol. The van der Waals surface area contributed by atoms with Gasteiger partial charge in [0.25, 0.3) is 0 Å². The van der Waals surface area contributed by atoms with Gasteiger partial charge >= 0.3 is 0 Å². The van der Waals surface area contributed by atoms with E-state index in [1.807, 2.05) is 18.7 Å². The Morgan fingerprint density at radius 2 is 2.19 bits per heavy atom. The van der Waals surface area contributed by atoms with Crippen molar-refractivity contribution in [3.8, 4) is 0 Å². The molecule has 0 aliphatic rings. The van der Waals surface area contributed by atoms with Gasteiger partial charge in [-0.15, -0.1) is 0 Å². The summed E-state index contributed by atoms with van der Waals surface area (Å²) in [5, 5.41) is 4.17. The fourth-order valence-corrected chi connectivity index (χ4v) is 2.27. The topological polar surface area (TPSA) is 73.7 Å². The molecule has 2 aromatic rings. The largest absolute Gasteiger partial charge is 0.336 e. The first kappa shape index (κ1) is 11.3. The maximum atomic E-state index is 5.61. The molecule has 1 atom stereocenters. The summed E-state index contributed by atoms with van der Waals surface area (Å²) in [6, 6.07) is -0.144. The minimum atomic E-state index is -0.144. The van der Waals surface area contributed by atoms with Crippen LogP contribution in [0.1, 0.15) is 17.4 Å². The summed E-state index contributed by atoms with van der Waals surface area (Å²) in [5.74, 6) is 5.61. The highest BCUT2D eigenvalue weighted by Crippen LogP contribution is 2.26. The standard InChI is InChI=1S/C9H13BrN6/c1-15-5-12-4-7(15)8(14-11)9-6(10)3-13-16(9)2/h3-5,8,14H,11H2,1-2H3. The maximum absolute atomic E-state index is 5.61. The number of nitrogens with two attached hydrogens (primary N) is 1. The third-order valence-corrected chi connectivity index (χ3v) is 3.14. The second-order valence-corrected chi connectivity index (χ2v) is 4.38. The smallest absolute Gasteiger partial charge is 0.106 e. The number of halogens is 1. The van der Waals surface area contributed by atoms with E-state index in [0.29, 0.717) is 0 Å². The van der Waals surface area contributed by atoms with E-state index in [0.717, 1.165) is 15.9 Å². The summed E-state index contributed by atoms with van der Waals surface area (Å²) >= 11 is 3.46. The van der Waals surface area contributed by atoms with E-state index in [4.69, 9.17) is 5.84 Å². The molecule has 0 fully saturated rings. The van der Waals surface area contributed by atoms with Gasteiger partial charge in [0, 0.05) is 14.1 Å². The van der Waals surface area contributed by atoms with E-state index in [1.54, 1.807) is 23.4 Å². The van der Waals surface area contributed by atoms with Gasteiger partial charge in [0.2, 0.25) is 0 Å². The summed E-state index contributed by atoms with van der Waals surface area (Å²) in [5.41, 5.74) is 4.72. The van der Waals surface area contributed by atoms with Crippen molar-refractivity contribution in [1.29, 1.82) is 0 Å². The van der Waals surface area contributed by atoms with Gasteiger partial charge in [-0.2, -0.15) is 5.10 Å². The number of hydrazine groups is 1. The number of nitrogens with zero attached hydrogens (tertiary/aromatic N) is 4. The summed E-state index contributed by atoms with van der Waals surface area (Å²) < 4.78 is 4.62. The first-order chi connectivity index (χ1) is 7.65. The monoisotopic (exact) mass is 284 g/mol. The number of aryl methyl sites for hydroxylation is 2. The molecule has 0 aliphatic carbocycles. The van der Waals surface area contributed by atoms with Crippen molar-refractivity contribution in [3.63, 3.8) is 0 Å². The van der Waals surface area contributed by atoms with Gasteiger partial charge in [-0.3, -0.25) is 10.5 Å². The van der Waals surface area contributed by atoms with Gasteiger partial charge < -0.3 is 4.57 Å². The molecule has 2 heterocycles. The Morgan fingerprint density at radius 3 is 2.62 bits per heavy atom. The number of nitrogens with one attached hydrogen (secondary N) is 1. The zero-order valence-electron chi connectivity index (χ0n) is 9.05. The average Bonchev–Trinajstić information content (AvgIpc) is 2.80. The van der Waals surface area contributed by atoms with Crippen molar-refractivity contribution in [2.45, 2.75) is 6.04 Å². The van der Waals surface area contributed by atoms with Crippen LogP contribution in [-0.2, 0) is 14.1 Å². The molecule has 0 aliphatic heterocycles. The molecular formula is C9H13BrN6. The molecule has 2 aromatic heterocycles. The molecule has 7 heteroatoms. The van der Waals surface area contributed by atoms with Crippen molar-refractivity contribution in [2.24, 2.45) is 19.9 Å². The molecular weight excluding hydrogens is 272 g/mol. The van der Waals surface area contributed by atoms with Crippen LogP contribution in [0, 0.1) is 0 Å². The van der Waals surface area contributed by atoms with Crippen LogP contribution < -0.4 is 11.3 Å². The van der Waals surface area contributed by atoms with Crippen LogP contribution in [0.25, 0.3) is 0 Å². The molecule has 0 aromatic carbocycles. The Labute approximate surface area is 102 Å². The molecule has 16 heavy (non-hydrogen) atoms. The van der Waals surface area contributed by atoms with Crippen molar-refractivity contribution in [2.75, 3.05) is 0 Å². The van der Waals surface area contributed by atoms with Gasteiger partial charge in [-0.1, -0.05) is 0 Å². The molecule has 3 N–H and O–H groups in total. The fourth-order valence-electron chi connectivity index (χ4n) is 1.69. The van der Waals surface area contributed by atoms with Gasteiger partial charge in [0.05, 0.1) is 34.6 Å². The lowest BCUT2D eigenvalue weighted by atomic mass is 10.1. The number of hydrogen-bond acceptors (Lipinski definition) is 4. The van der Waals surface area contributed by atoms with Crippen molar-refractivity contribution >= 4 is 15.9 Å². The van der Waals surface area contributed by atoms with E-state index in [2.05, 4.69) is 31.4 Å². The van der Waals surface area contributed by atoms with Crippen LogP contribution in [0.15, 0.2) is 23.2 Å². The SMILES string of the molecule is Cn1cncc1C(NN)c1c(Br)cnn1C. The predicted molar refractivity (Wildman–Crippen MR) is 63.3 cm³/mol. The van der Waals surface area contributed by atoms with Crippen LogP contribution in [0.5, 0.6) is 0 Å². The van der Waals surface area contributed by atoms with E-state index in [1.165, 1.54) is 0 Å². The van der Waals surface area contributed by atoms with Crippen LogP contribution in [0.3, 0.4) is 0 Å². The first-order valence-electron chi connectivity index (χ1n) is 4.75. The van der Waals surface area contributed by atoms with E-state index in [-0.39, 0.29) is 6.04 Å². The van der Waals surface area contributed by atoms with Gasteiger partial charge in [-0.25, -0.2) is 10.4 Å². The molecule has 2 rings (SSSR count). The molecule has 0 bridgehead atoms. The van der Waals surface area contributed by atoms with E-state index < -0.39 is 0 Å². The molecule has 6 nitrogen and oxygen atoms in total. The number of imidazole rings is 1. The summed E-state index contributed by atoms with van der Waals surface area (Å²) in [6.07, 6.45) is 5.27. The highest BCUT2D eigenvalue weighted by molar-refractivity contribution is 9.10. The first-order valence-corrected chi connectivity index (χ1v) is 5.54. The van der Waals surface area contributed by atoms with E-state index >= 15 is 0 Å². The number of aromatic nitrogens is 4. The third kappa shape index (κ3) is 1.77. The highest BCUT2D eigenvalue weighted by Gasteiger charge is 2.21. The summed E-state index contributed by atoms with van der Waals surface area (Å²) in [6.45, 7) is 0. The zero-order chi connectivity index (χ0) is 11.7. The fraction of sp³-hybridized carbons (Fsp3) is 0.333. The number of hydrogen-bond donors (Lipinski definition) is 2. The lowest BCUT2D eigenvalue weighted by Gasteiger charge is -2.17. The Kier molecular flexibility index (Phi) is 3.08.